The number of rotatable bonds is 7. The van der Waals surface area contributed by atoms with Crippen LogP contribution in [0.2, 0.25) is 0 Å². The molecule has 1 aromatic heterocycles. The van der Waals surface area contributed by atoms with Crippen molar-refractivity contribution < 1.29 is 4.74 Å². The van der Waals surface area contributed by atoms with E-state index >= 15 is 0 Å². The molecule has 0 atom stereocenters. The van der Waals surface area contributed by atoms with Crippen molar-refractivity contribution in [1.29, 1.82) is 0 Å². The lowest BCUT2D eigenvalue weighted by Gasteiger charge is -2.09. The largest absolute Gasteiger partial charge is 0.380 e. The highest BCUT2D eigenvalue weighted by molar-refractivity contribution is 5.26. The minimum Gasteiger partial charge on any atom is -0.380 e. The Bertz CT molecular complexity index is 485. The zero-order valence-corrected chi connectivity index (χ0v) is 11.3. The van der Waals surface area contributed by atoms with Gasteiger partial charge in [0.2, 0.25) is 0 Å². The summed E-state index contributed by atoms with van der Waals surface area (Å²) in [5.41, 5.74) is 3.67. The summed E-state index contributed by atoms with van der Waals surface area (Å²) in [6, 6.07) is 14.4. The van der Waals surface area contributed by atoms with Crippen molar-refractivity contribution in [2.75, 3.05) is 13.7 Å². The van der Waals surface area contributed by atoms with E-state index in [9.17, 15) is 0 Å². The fourth-order valence-corrected chi connectivity index (χ4v) is 2.01. The maximum absolute atomic E-state index is 5.21. The maximum Gasteiger partial charge on any atom is 0.0716 e. The van der Waals surface area contributed by atoms with E-state index in [1.165, 1.54) is 11.1 Å². The van der Waals surface area contributed by atoms with Crippen LogP contribution in [0.3, 0.4) is 0 Å². The van der Waals surface area contributed by atoms with Crippen molar-refractivity contribution in [1.82, 2.24) is 10.3 Å². The zero-order valence-electron chi connectivity index (χ0n) is 11.3. The minimum absolute atomic E-state index is 0.665. The fourth-order valence-electron chi connectivity index (χ4n) is 2.01. The molecule has 1 N–H and O–H groups in total. The minimum atomic E-state index is 0.665. The average Bonchev–Trinajstić information content (AvgIpc) is 2.47. The Kier molecular flexibility index (Phi) is 5.53. The third-order valence-electron chi connectivity index (χ3n) is 3.02. The summed E-state index contributed by atoms with van der Waals surface area (Å²) in [5.74, 6) is 0. The van der Waals surface area contributed by atoms with Crippen molar-refractivity contribution in [2.24, 2.45) is 0 Å². The predicted octanol–water partition coefficient (Wildman–Crippen LogP) is 2.56. The van der Waals surface area contributed by atoms with Crippen LogP contribution in [-0.4, -0.2) is 18.6 Å². The van der Waals surface area contributed by atoms with Crippen LogP contribution in [-0.2, 0) is 24.3 Å². The molecule has 0 bridgehead atoms. The number of pyridine rings is 1. The third-order valence-corrected chi connectivity index (χ3v) is 3.02. The van der Waals surface area contributed by atoms with E-state index in [2.05, 4.69) is 34.6 Å². The van der Waals surface area contributed by atoms with Crippen LogP contribution in [0.25, 0.3) is 0 Å². The molecular weight excluding hydrogens is 236 g/mol. The molecule has 0 aliphatic heterocycles. The molecule has 3 nitrogen and oxygen atoms in total. The standard InChI is InChI=1S/C16H20N2O/c1-19-13-15-7-3-2-6-14(15)12-17-11-9-16-8-4-5-10-18-16/h2-8,10,17H,9,11-13H2,1H3. The fraction of sp³-hybridized carbons (Fsp3) is 0.312. The first-order valence-electron chi connectivity index (χ1n) is 6.56. The van der Waals surface area contributed by atoms with Gasteiger partial charge in [-0.25, -0.2) is 0 Å². The van der Waals surface area contributed by atoms with Crippen molar-refractivity contribution in [2.45, 2.75) is 19.6 Å². The topological polar surface area (TPSA) is 34.1 Å². The molecule has 3 heteroatoms. The zero-order chi connectivity index (χ0) is 13.3. The SMILES string of the molecule is COCc1ccccc1CNCCc1ccccn1. The number of methoxy groups -OCH3 is 1. The van der Waals surface area contributed by atoms with Gasteiger partial charge in [-0.2, -0.15) is 0 Å². The Balaban J connectivity index is 1.79. The molecule has 0 unspecified atom stereocenters. The number of ether oxygens (including phenoxy) is 1. The molecule has 2 aromatic rings. The molecule has 1 heterocycles. The Labute approximate surface area is 114 Å². The summed E-state index contributed by atoms with van der Waals surface area (Å²) in [6.07, 6.45) is 2.79. The summed E-state index contributed by atoms with van der Waals surface area (Å²) in [7, 11) is 1.73. The van der Waals surface area contributed by atoms with Crippen molar-refractivity contribution in [3.63, 3.8) is 0 Å². The summed E-state index contributed by atoms with van der Waals surface area (Å²) in [6.45, 7) is 2.46. The van der Waals surface area contributed by atoms with E-state index in [1.54, 1.807) is 7.11 Å². The lowest BCUT2D eigenvalue weighted by atomic mass is 10.1. The first kappa shape index (κ1) is 13.7. The summed E-state index contributed by atoms with van der Waals surface area (Å²) >= 11 is 0. The van der Waals surface area contributed by atoms with E-state index < -0.39 is 0 Å². The first-order chi connectivity index (χ1) is 9.40. The maximum atomic E-state index is 5.21. The van der Waals surface area contributed by atoms with Crippen molar-refractivity contribution in [3.05, 3.63) is 65.5 Å². The summed E-state index contributed by atoms with van der Waals surface area (Å²) < 4.78 is 5.21. The molecule has 100 valence electrons. The van der Waals surface area contributed by atoms with Crippen LogP contribution in [0.1, 0.15) is 16.8 Å². The molecule has 19 heavy (non-hydrogen) atoms. The quantitative estimate of drug-likeness (QED) is 0.773. The highest BCUT2D eigenvalue weighted by atomic mass is 16.5. The van der Waals surface area contributed by atoms with Gasteiger partial charge in [-0.05, 0) is 23.3 Å². The van der Waals surface area contributed by atoms with E-state index in [0.717, 1.165) is 25.2 Å². The molecular formula is C16H20N2O. The number of nitrogens with zero attached hydrogens (tertiary/aromatic N) is 1. The third kappa shape index (κ3) is 4.47. The van der Waals surface area contributed by atoms with Gasteiger partial charge >= 0.3 is 0 Å². The molecule has 0 fully saturated rings. The number of hydrogen-bond donors (Lipinski definition) is 1. The predicted molar refractivity (Wildman–Crippen MR) is 76.8 cm³/mol. The van der Waals surface area contributed by atoms with Gasteiger partial charge in [0.25, 0.3) is 0 Å². The molecule has 0 saturated carbocycles. The monoisotopic (exact) mass is 256 g/mol. The van der Waals surface area contributed by atoms with E-state index in [4.69, 9.17) is 4.74 Å². The van der Waals surface area contributed by atoms with Crippen molar-refractivity contribution >= 4 is 0 Å². The Hall–Kier alpha value is -1.71. The Morgan fingerprint density at radius 3 is 2.58 bits per heavy atom. The van der Waals surface area contributed by atoms with E-state index in [0.29, 0.717) is 6.61 Å². The number of aromatic nitrogens is 1. The molecule has 2 rings (SSSR count). The van der Waals surface area contributed by atoms with Crippen LogP contribution in [0, 0.1) is 0 Å². The first-order valence-corrected chi connectivity index (χ1v) is 6.56. The lowest BCUT2D eigenvalue weighted by Crippen LogP contribution is -2.18. The van der Waals surface area contributed by atoms with Crippen LogP contribution < -0.4 is 5.32 Å². The summed E-state index contributed by atoms with van der Waals surface area (Å²) in [5, 5.41) is 3.45. The Morgan fingerprint density at radius 2 is 1.84 bits per heavy atom. The van der Waals surface area contributed by atoms with Gasteiger partial charge in [0, 0.05) is 38.5 Å². The highest BCUT2D eigenvalue weighted by Gasteiger charge is 2.00. The number of nitrogens with one attached hydrogen (secondary N) is 1. The molecule has 0 saturated heterocycles. The summed E-state index contributed by atoms with van der Waals surface area (Å²) in [4.78, 5) is 4.31. The molecule has 0 amide bonds. The van der Waals surface area contributed by atoms with Gasteiger partial charge in [0.1, 0.15) is 0 Å². The van der Waals surface area contributed by atoms with Gasteiger partial charge < -0.3 is 10.1 Å². The highest BCUT2D eigenvalue weighted by Crippen LogP contribution is 2.09. The van der Waals surface area contributed by atoms with Crippen molar-refractivity contribution in [3.8, 4) is 0 Å². The van der Waals surface area contributed by atoms with Crippen LogP contribution >= 0.6 is 0 Å². The molecule has 1 aromatic carbocycles. The second-order valence-electron chi connectivity index (χ2n) is 4.45. The van der Waals surface area contributed by atoms with Crippen LogP contribution in [0.4, 0.5) is 0 Å². The van der Waals surface area contributed by atoms with Gasteiger partial charge in [-0.3, -0.25) is 4.98 Å². The van der Waals surface area contributed by atoms with Crippen LogP contribution in [0.5, 0.6) is 0 Å². The normalized spacial score (nSPS) is 10.6. The second-order valence-corrected chi connectivity index (χ2v) is 4.45. The van der Waals surface area contributed by atoms with E-state index in [-0.39, 0.29) is 0 Å². The molecule has 0 aliphatic carbocycles. The smallest absolute Gasteiger partial charge is 0.0716 e. The van der Waals surface area contributed by atoms with Gasteiger partial charge in [0.05, 0.1) is 6.61 Å². The molecule has 0 radical (unpaired) electrons. The average molecular weight is 256 g/mol. The molecule has 0 aliphatic rings. The molecule has 0 spiro atoms. The van der Waals surface area contributed by atoms with Gasteiger partial charge in [-0.15, -0.1) is 0 Å². The van der Waals surface area contributed by atoms with Gasteiger partial charge in [-0.1, -0.05) is 30.3 Å². The Morgan fingerprint density at radius 1 is 1.05 bits per heavy atom. The van der Waals surface area contributed by atoms with Crippen LogP contribution in [0.15, 0.2) is 48.7 Å². The van der Waals surface area contributed by atoms with E-state index in [1.807, 2.05) is 24.4 Å². The second kappa shape index (κ2) is 7.67. The number of hydrogen-bond acceptors (Lipinski definition) is 3. The number of benzene rings is 1. The lowest BCUT2D eigenvalue weighted by molar-refractivity contribution is 0.184. The van der Waals surface area contributed by atoms with Gasteiger partial charge in [0.15, 0.2) is 0 Å².